The zero-order chi connectivity index (χ0) is 14.8. The molecular weight excluding hydrogens is 278 g/mol. The SMILES string of the molecule is CC(C)c1nc(N2CCC(c3ccccc3)C2)sc1CN. The summed E-state index contributed by atoms with van der Waals surface area (Å²) in [6.07, 6.45) is 1.21. The Hall–Kier alpha value is -1.39. The van der Waals surface area contributed by atoms with Gasteiger partial charge in [-0.05, 0) is 17.9 Å². The van der Waals surface area contributed by atoms with Gasteiger partial charge in [-0.25, -0.2) is 4.98 Å². The highest BCUT2D eigenvalue weighted by molar-refractivity contribution is 7.15. The fourth-order valence-electron chi connectivity index (χ4n) is 3.01. The predicted molar refractivity (Wildman–Crippen MR) is 90.1 cm³/mol. The second kappa shape index (κ2) is 6.16. The van der Waals surface area contributed by atoms with E-state index >= 15 is 0 Å². The van der Waals surface area contributed by atoms with Crippen LogP contribution in [0.2, 0.25) is 0 Å². The van der Waals surface area contributed by atoms with Crippen molar-refractivity contribution in [3.05, 3.63) is 46.5 Å². The first-order valence-electron chi connectivity index (χ1n) is 7.68. The summed E-state index contributed by atoms with van der Waals surface area (Å²) in [6.45, 7) is 7.14. The molecule has 0 radical (unpaired) electrons. The zero-order valence-electron chi connectivity index (χ0n) is 12.7. The Bertz CT molecular complexity index is 591. The van der Waals surface area contributed by atoms with Crippen LogP contribution >= 0.6 is 11.3 Å². The molecule has 3 nitrogen and oxygen atoms in total. The summed E-state index contributed by atoms with van der Waals surface area (Å²) in [6, 6.07) is 10.8. The van der Waals surface area contributed by atoms with Crippen molar-refractivity contribution in [2.75, 3.05) is 18.0 Å². The minimum absolute atomic E-state index is 0.445. The third-order valence-corrected chi connectivity index (χ3v) is 5.33. The van der Waals surface area contributed by atoms with Gasteiger partial charge in [0.15, 0.2) is 5.13 Å². The molecule has 4 heteroatoms. The first-order chi connectivity index (χ1) is 10.2. The van der Waals surface area contributed by atoms with Gasteiger partial charge in [0, 0.05) is 30.4 Å². The Morgan fingerprint density at radius 3 is 2.71 bits per heavy atom. The van der Waals surface area contributed by atoms with E-state index in [2.05, 4.69) is 49.1 Å². The van der Waals surface area contributed by atoms with E-state index in [0.717, 1.165) is 18.2 Å². The first-order valence-corrected chi connectivity index (χ1v) is 8.50. The van der Waals surface area contributed by atoms with Gasteiger partial charge in [0.05, 0.1) is 5.69 Å². The van der Waals surface area contributed by atoms with Crippen molar-refractivity contribution < 1.29 is 0 Å². The van der Waals surface area contributed by atoms with Crippen LogP contribution in [0, 0.1) is 0 Å². The van der Waals surface area contributed by atoms with E-state index in [9.17, 15) is 0 Å². The van der Waals surface area contributed by atoms with Gasteiger partial charge in [-0.3, -0.25) is 0 Å². The van der Waals surface area contributed by atoms with Crippen molar-refractivity contribution in [3.63, 3.8) is 0 Å². The lowest BCUT2D eigenvalue weighted by Crippen LogP contribution is -2.19. The van der Waals surface area contributed by atoms with Crippen LogP contribution in [-0.2, 0) is 6.54 Å². The van der Waals surface area contributed by atoms with Gasteiger partial charge in [0.25, 0.3) is 0 Å². The van der Waals surface area contributed by atoms with Gasteiger partial charge in [-0.1, -0.05) is 44.2 Å². The summed E-state index contributed by atoms with van der Waals surface area (Å²) >= 11 is 1.77. The van der Waals surface area contributed by atoms with Crippen molar-refractivity contribution in [2.45, 2.75) is 38.6 Å². The molecule has 0 amide bonds. The van der Waals surface area contributed by atoms with Gasteiger partial charge in [-0.2, -0.15) is 0 Å². The minimum Gasteiger partial charge on any atom is -0.347 e. The molecule has 1 atom stereocenters. The number of rotatable bonds is 4. The normalized spacial score (nSPS) is 18.7. The average molecular weight is 301 g/mol. The number of benzene rings is 1. The van der Waals surface area contributed by atoms with Crippen molar-refractivity contribution in [1.82, 2.24) is 4.98 Å². The van der Waals surface area contributed by atoms with Crippen LogP contribution in [0.5, 0.6) is 0 Å². The van der Waals surface area contributed by atoms with Crippen LogP contribution in [0.4, 0.5) is 5.13 Å². The molecule has 2 N–H and O–H groups in total. The Labute approximate surface area is 130 Å². The van der Waals surface area contributed by atoms with E-state index in [-0.39, 0.29) is 0 Å². The van der Waals surface area contributed by atoms with Crippen LogP contribution in [0.3, 0.4) is 0 Å². The predicted octanol–water partition coefficient (Wildman–Crippen LogP) is 3.72. The van der Waals surface area contributed by atoms with Gasteiger partial charge in [-0.15, -0.1) is 11.3 Å². The molecule has 2 heterocycles. The maximum absolute atomic E-state index is 5.87. The summed E-state index contributed by atoms with van der Waals surface area (Å²) in [5, 5.41) is 1.15. The molecule has 1 aliphatic rings. The molecule has 1 aliphatic heterocycles. The lowest BCUT2D eigenvalue weighted by atomic mass is 9.99. The molecule has 0 saturated carbocycles. The summed E-state index contributed by atoms with van der Waals surface area (Å²) in [5.74, 6) is 1.07. The molecule has 2 aromatic rings. The van der Waals surface area contributed by atoms with Gasteiger partial charge in [0.1, 0.15) is 0 Å². The zero-order valence-corrected chi connectivity index (χ0v) is 13.6. The summed E-state index contributed by atoms with van der Waals surface area (Å²) < 4.78 is 0. The molecular formula is C17H23N3S. The lowest BCUT2D eigenvalue weighted by molar-refractivity contribution is 0.773. The highest BCUT2D eigenvalue weighted by atomic mass is 32.1. The third kappa shape index (κ3) is 2.97. The summed E-state index contributed by atoms with van der Waals surface area (Å²) in [7, 11) is 0. The van der Waals surface area contributed by atoms with Crippen molar-refractivity contribution in [3.8, 4) is 0 Å². The Morgan fingerprint density at radius 1 is 1.33 bits per heavy atom. The molecule has 1 aromatic carbocycles. The van der Waals surface area contributed by atoms with Crippen LogP contribution in [-0.4, -0.2) is 18.1 Å². The van der Waals surface area contributed by atoms with E-state index in [1.807, 2.05) is 0 Å². The number of hydrogen-bond acceptors (Lipinski definition) is 4. The quantitative estimate of drug-likeness (QED) is 0.936. The second-order valence-electron chi connectivity index (χ2n) is 6.01. The lowest BCUT2D eigenvalue weighted by Gasteiger charge is -2.15. The monoisotopic (exact) mass is 301 g/mol. The largest absolute Gasteiger partial charge is 0.347 e. The molecule has 112 valence electrons. The molecule has 0 spiro atoms. The van der Waals surface area contributed by atoms with E-state index in [4.69, 9.17) is 10.7 Å². The molecule has 0 aliphatic carbocycles. The maximum Gasteiger partial charge on any atom is 0.185 e. The van der Waals surface area contributed by atoms with Crippen LogP contribution in [0.15, 0.2) is 30.3 Å². The molecule has 1 unspecified atom stereocenters. The van der Waals surface area contributed by atoms with Crippen molar-refractivity contribution in [2.24, 2.45) is 5.73 Å². The molecule has 1 aromatic heterocycles. The standard InChI is InChI=1S/C17H23N3S/c1-12(2)16-15(10-18)21-17(19-16)20-9-8-14(11-20)13-6-4-3-5-7-13/h3-7,12,14H,8-11,18H2,1-2H3. The highest BCUT2D eigenvalue weighted by Crippen LogP contribution is 2.35. The smallest absolute Gasteiger partial charge is 0.185 e. The van der Waals surface area contributed by atoms with Crippen LogP contribution < -0.4 is 10.6 Å². The van der Waals surface area contributed by atoms with E-state index < -0.39 is 0 Å². The summed E-state index contributed by atoms with van der Waals surface area (Å²) in [4.78, 5) is 8.52. The van der Waals surface area contributed by atoms with E-state index in [0.29, 0.717) is 18.4 Å². The molecule has 3 rings (SSSR count). The van der Waals surface area contributed by atoms with Gasteiger partial charge < -0.3 is 10.6 Å². The molecule has 1 fully saturated rings. The number of thiazole rings is 1. The summed E-state index contributed by atoms with van der Waals surface area (Å²) in [5.41, 5.74) is 8.50. The number of hydrogen-bond donors (Lipinski definition) is 1. The fraction of sp³-hybridized carbons (Fsp3) is 0.471. The Morgan fingerprint density at radius 2 is 2.10 bits per heavy atom. The van der Waals surface area contributed by atoms with Gasteiger partial charge >= 0.3 is 0 Å². The molecule has 0 bridgehead atoms. The average Bonchev–Trinajstić information content (AvgIpc) is 3.14. The van der Waals surface area contributed by atoms with E-state index in [1.54, 1.807) is 11.3 Å². The van der Waals surface area contributed by atoms with E-state index in [1.165, 1.54) is 22.6 Å². The minimum atomic E-state index is 0.445. The highest BCUT2D eigenvalue weighted by Gasteiger charge is 2.27. The Kier molecular flexibility index (Phi) is 4.27. The third-order valence-electron chi connectivity index (χ3n) is 4.18. The van der Waals surface area contributed by atoms with Crippen molar-refractivity contribution >= 4 is 16.5 Å². The number of nitrogens with zero attached hydrogens (tertiary/aromatic N) is 2. The van der Waals surface area contributed by atoms with Gasteiger partial charge in [0.2, 0.25) is 0 Å². The first kappa shape index (κ1) is 14.5. The van der Waals surface area contributed by atoms with Crippen molar-refractivity contribution in [1.29, 1.82) is 0 Å². The second-order valence-corrected chi connectivity index (χ2v) is 7.07. The molecule has 21 heavy (non-hydrogen) atoms. The number of nitrogens with two attached hydrogens (primary N) is 1. The fourth-order valence-corrected chi connectivity index (χ4v) is 4.14. The Balaban J connectivity index is 1.77. The van der Waals surface area contributed by atoms with Crippen LogP contribution in [0.1, 0.15) is 48.2 Å². The number of anilines is 1. The molecule has 1 saturated heterocycles. The topological polar surface area (TPSA) is 42.2 Å². The maximum atomic E-state index is 5.87. The van der Waals surface area contributed by atoms with Crippen LogP contribution in [0.25, 0.3) is 0 Å². The number of aromatic nitrogens is 1.